The zero-order valence-corrected chi connectivity index (χ0v) is 22.7. The summed E-state index contributed by atoms with van der Waals surface area (Å²) >= 11 is 6.85. The summed E-state index contributed by atoms with van der Waals surface area (Å²) in [5, 5.41) is 13.4. The molecular formula is C29H28ClN9. The Morgan fingerprint density at radius 2 is 1.79 bits per heavy atom. The minimum atomic E-state index is 0.509. The largest absolute Gasteiger partial charge is 0.369 e. The van der Waals surface area contributed by atoms with Crippen LogP contribution in [0.5, 0.6) is 0 Å². The molecule has 2 aromatic carbocycles. The van der Waals surface area contributed by atoms with Crippen LogP contribution in [-0.2, 0) is 6.42 Å². The maximum atomic E-state index is 6.85. The zero-order chi connectivity index (χ0) is 26.5. The van der Waals surface area contributed by atoms with E-state index in [1.165, 1.54) is 5.69 Å². The van der Waals surface area contributed by atoms with Crippen LogP contribution in [0.1, 0.15) is 19.4 Å². The van der Waals surface area contributed by atoms with E-state index in [0.29, 0.717) is 22.3 Å². The molecule has 1 saturated heterocycles. The van der Waals surface area contributed by atoms with Crippen LogP contribution in [0.15, 0.2) is 60.0 Å². The van der Waals surface area contributed by atoms with Crippen molar-refractivity contribution in [3.63, 3.8) is 0 Å². The van der Waals surface area contributed by atoms with Gasteiger partial charge in [-0.2, -0.15) is 4.98 Å². The first kappa shape index (κ1) is 24.0. The van der Waals surface area contributed by atoms with E-state index in [1.54, 1.807) is 6.33 Å². The first-order valence-electron chi connectivity index (χ1n) is 13.3. The monoisotopic (exact) mass is 537 g/mol. The summed E-state index contributed by atoms with van der Waals surface area (Å²) in [5.41, 5.74) is 8.35. The molecule has 0 radical (unpaired) electrons. The Bertz CT molecular complexity index is 1730. The number of pyridine rings is 1. The van der Waals surface area contributed by atoms with Crippen molar-refractivity contribution in [1.29, 1.82) is 0 Å². The highest BCUT2D eigenvalue weighted by molar-refractivity contribution is 6.36. The number of nitrogens with one attached hydrogen (secondary N) is 1. The van der Waals surface area contributed by atoms with Gasteiger partial charge in [0.05, 0.1) is 10.7 Å². The Kier molecular flexibility index (Phi) is 5.90. The third kappa shape index (κ3) is 4.27. The van der Waals surface area contributed by atoms with Gasteiger partial charge in [-0.15, -0.1) is 10.2 Å². The zero-order valence-electron chi connectivity index (χ0n) is 21.9. The summed E-state index contributed by atoms with van der Waals surface area (Å²) in [4.78, 5) is 19.0. The number of benzene rings is 2. The molecule has 1 fully saturated rings. The maximum Gasteiger partial charge on any atom is 0.229 e. The second-order valence-corrected chi connectivity index (χ2v) is 10.5. The Morgan fingerprint density at radius 3 is 2.59 bits per heavy atom. The van der Waals surface area contributed by atoms with Gasteiger partial charge in [0.1, 0.15) is 6.33 Å². The van der Waals surface area contributed by atoms with Crippen molar-refractivity contribution < 1.29 is 0 Å². The number of anilines is 3. The van der Waals surface area contributed by atoms with E-state index in [2.05, 4.69) is 72.5 Å². The van der Waals surface area contributed by atoms with Crippen LogP contribution < -0.4 is 10.2 Å². The minimum Gasteiger partial charge on any atom is -0.369 e. The highest BCUT2D eigenvalue weighted by Gasteiger charge is 2.21. The fourth-order valence-electron chi connectivity index (χ4n) is 5.52. The number of aromatic nitrogens is 5. The molecule has 2 aliphatic rings. The van der Waals surface area contributed by atoms with Crippen LogP contribution in [0.25, 0.3) is 27.8 Å². The molecule has 0 saturated carbocycles. The second-order valence-electron chi connectivity index (χ2n) is 10.1. The lowest BCUT2D eigenvalue weighted by Gasteiger charge is -2.35. The average molecular weight is 538 g/mol. The van der Waals surface area contributed by atoms with Gasteiger partial charge >= 0.3 is 0 Å². The van der Waals surface area contributed by atoms with Crippen molar-refractivity contribution in [1.82, 2.24) is 29.5 Å². The van der Waals surface area contributed by atoms with Crippen LogP contribution >= 0.6 is 11.6 Å². The van der Waals surface area contributed by atoms with Gasteiger partial charge in [-0.25, -0.2) is 4.98 Å². The van der Waals surface area contributed by atoms with E-state index >= 15 is 0 Å². The molecule has 0 spiro atoms. The molecule has 3 aromatic heterocycles. The molecule has 39 heavy (non-hydrogen) atoms. The molecule has 196 valence electrons. The predicted molar refractivity (Wildman–Crippen MR) is 157 cm³/mol. The van der Waals surface area contributed by atoms with Crippen LogP contribution in [0.3, 0.4) is 0 Å². The molecule has 7 rings (SSSR count). The first-order chi connectivity index (χ1) is 19.1. The van der Waals surface area contributed by atoms with Crippen molar-refractivity contribution in [2.45, 2.75) is 20.3 Å². The van der Waals surface area contributed by atoms with E-state index < -0.39 is 0 Å². The van der Waals surface area contributed by atoms with Crippen LogP contribution in [0.2, 0.25) is 5.02 Å². The lowest BCUT2D eigenvalue weighted by atomic mass is 10.0. The van der Waals surface area contributed by atoms with Crippen LogP contribution in [0.4, 0.5) is 23.0 Å². The van der Waals surface area contributed by atoms with Crippen molar-refractivity contribution in [3.8, 4) is 11.1 Å². The molecule has 0 atom stereocenters. The maximum absolute atomic E-state index is 6.85. The van der Waals surface area contributed by atoms with Crippen molar-refractivity contribution in [2.75, 3.05) is 42.9 Å². The molecular weight excluding hydrogens is 510 g/mol. The van der Waals surface area contributed by atoms with Crippen LogP contribution in [0, 0.1) is 0 Å². The first-order valence-corrected chi connectivity index (χ1v) is 13.6. The Morgan fingerprint density at radius 1 is 0.974 bits per heavy atom. The van der Waals surface area contributed by atoms with Gasteiger partial charge in [0, 0.05) is 72.4 Å². The normalized spacial score (nSPS) is 15.7. The predicted octanol–water partition coefficient (Wildman–Crippen LogP) is 5.53. The SMILES string of the molecule is CCN1CCN(c2ccc(Nc3ncc4cc(-c5ccc6c(c5Cl)N=C(C)C6)c5nncn5c4n3)cc2)CC1. The van der Waals surface area contributed by atoms with Gasteiger partial charge in [0.15, 0.2) is 11.3 Å². The molecule has 2 aliphatic heterocycles. The summed E-state index contributed by atoms with van der Waals surface area (Å²) in [5.74, 6) is 0.509. The van der Waals surface area contributed by atoms with E-state index in [-0.39, 0.29) is 0 Å². The van der Waals surface area contributed by atoms with Gasteiger partial charge < -0.3 is 15.1 Å². The summed E-state index contributed by atoms with van der Waals surface area (Å²) < 4.78 is 1.88. The number of fused-ring (bicyclic) bond motifs is 4. The third-order valence-corrected chi connectivity index (χ3v) is 8.04. The number of hydrogen-bond donors (Lipinski definition) is 1. The Balaban J connectivity index is 1.19. The van der Waals surface area contributed by atoms with Crippen molar-refractivity contribution in [2.24, 2.45) is 4.99 Å². The highest BCUT2D eigenvalue weighted by Crippen LogP contribution is 2.42. The quantitative estimate of drug-likeness (QED) is 0.315. The van der Waals surface area contributed by atoms with E-state index in [1.807, 2.05) is 29.7 Å². The molecule has 1 N–H and O–H groups in total. The van der Waals surface area contributed by atoms with E-state index in [0.717, 1.165) is 78.3 Å². The van der Waals surface area contributed by atoms with Crippen molar-refractivity contribution in [3.05, 3.63) is 65.6 Å². The van der Waals surface area contributed by atoms with Crippen LogP contribution in [-0.4, -0.2) is 67.9 Å². The number of halogens is 1. The second kappa shape index (κ2) is 9.59. The van der Waals surface area contributed by atoms with Gasteiger partial charge in [-0.1, -0.05) is 30.7 Å². The summed E-state index contributed by atoms with van der Waals surface area (Å²) in [6.45, 7) is 9.67. The standard InChI is InChI=1S/C29H28ClN9/c1-3-37-10-12-38(13-11-37)22-7-5-21(6-8-22)34-29-31-16-20-15-24(28-36-32-17-39(28)27(20)35-29)23-9-4-19-14-18(2)33-26(19)25(23)30/h4-9,15-17H,3,10-14H2,1-2H3,(H,31,34,35). The molecule has 0 unspecified atom stereocenters. The van der Waals surface area contributed by atoms with Gasteiger partial charge in [-0.3, -0.25) is 9.39 Å². The fourth-order valence-corrected chi connectivity index (χ4v) is 5.85. The number of rotatable bonds is 5. The minimum absolute atomic E-state index is 0.509. The van der Waals surface area contributed by atoms with E-state index in [4.69, 9.17) is 16.6 Å². The smallest absolute Gasteiger partial charge is 0.229 e. The van der Waals surface area contributed by atoms with Gasteiger partial charge in [0.2, 0.25) is 5.95 Å². The Hall–Kier alpha value is -4.08. The molecule has 10 heteroatoms. The molecule has 9 nitrogen and oxygen atoms in total. The average Bonchev–Trinajstić information content (AvgIpc) is 3.61. The topological polar surface area (TPSA) is 86.8 Å². The van der Waals surface area contributed by atoms with E-state index in [9.17, 15) is 0 Å². The molecule has 0 amide bonds. The number of piperazine rings is 1. The number of aliphatic imine (C=N–C) groups is 1. The molecule has 0 aliphatic carbocycles. The number of likely N-dealkylation sites (N-methyl/N-ethyl adjacent to an activating group) is 1. The third-order valence-electron chi connectivity index (χ3n) is 7.66. The number of nitrogens with zero attached hydrogens (tertiary/aromatic N) is 8. The molecule has 5 heterocycles. The number of hydrogen-bond acceptors (Lipinski definition) is 8. The summed E-state index contributed by atoms with van der Waals surface area (Å²) in [7, 11) is 0. The fraction of sp³-hybridized carbons (Fsp3) is 0.276. The lowest BCUT2D eigenvalue weighted by Crippen LogP contribution is -2.46. The highest BCUT2D eigenvalue weighted by atomic mass is 35.5. The van der Waals surface area contributed by atoms with Gasteiger partial charge in [0.25, 0.3) is 0 Å². The Labute approximate surface area is 231 Å². The molecule has 5 aromatic rings. The van der Waals surface area contributed by atoms with Gasteiger partial charge in [-0.05, 0) is 49.4 Å². The summed E-state index contributed by atoms with van der Waals surface area (Å²) in [6.07, 6.45) is 4.32. The van der Waals surface area contributed by atoms with Crippen molar-refractivity contribution >= 4 is 57.0 Å². The molecule has 0 bridgehead atoms. The lowest BCUT2D eigenvalue weighted by molar-refractivity contribution is 0.271. The summed E-state index contributed by atoms with van der Waals surface area (Å²) in [6, 6.07) is 14.6.